The molecule has 0 saturated heterocycles. The zero-order valence-corrected chi connectivity index (χ0v) is 7.43. The van der Waals surface area contributed by atoms with Crippen LogP contribution in [0.5, 0.6) is 0 Å². The minimum Gasteiger partial charge on any atom is -0.402 e. The van der Waals surface area contributed by atoms with E-state index in [4.69, 9.17) is 5.73 Å². The molecule has 0 spiro atoms. The van der Waals surface area contributed by atoms with Crippen LogP contribution in [0.25, 0.3) is 0 Å². The van der Waals surface area contributed by atoms with E-state index in [9.17, 15) is 0 Å². The van der Waals surface area contributed by atoms with Crippen molar-refractivity contribution in [3.05, 3.63) is 36.6 Å². The van der Waals surface area contributed by atoms with E-state index >= 15 is 0 Å². The van der Waals surface area contributed by atoms with Crippen LogP contribution in [0.2, 0.25) is 0 Å². The van der Waals surface area contributed by atoms with E-state index in [0.717, 1.165) is 12.0 Å². The molecule has 11 heavy (non-hydrogen) atoms. The van der Waals surface area contributed by atoms with Gasteiger partial charge < -0.3 is 5.73 Å². The van der Waals surface area contributed by atoms with E-state index in [1.807, 2.05) is 12.2 Å². The summed E-state index contributed by atoms with van der Waals surface area (Å²) in [6.45, 7) is 11.7. The van der Waals surface area contributed by atoms with Crippen LogP contribution in [-0.2, 0) is 0 Å². The third-order valence-corrected chi connectivity index (χ3v) is 1.45. The van der Waals surface area contributed by atoms with Crippen molar-refractivity contribution < 1.29 is 0 Å². The summed E-state index contributed by atoms with van der Waals surface area (Å²) in [6, 6.07) is 0. The molecule has 2 N–H and O–H groups in total. The monoisotopic (exact) mass is 151 g/mol. The van der Waals surface area contributed by atoms with Crippen molar-refractivity contribution in [3.8, 4) is 0 Å². The Bertz CT molecular complexity index is 175. The van der Waals surface area contributed by atoms with Gasteiger partial charge in [-0.3, -0.25) is 0 Å². The molecule has 0 amide bonds. The normalized spacial score (nSPS) is 10.8. The maximum absolute atomic E-state index is 5.38. The van der Waals surface area contributed by atoms with Crippen LogP contribution >= 0.6 is 0 Å². The van der Waals surface area contributed by atoms with Gasteiger partial charge in [0.05, 0.1) is 0 Å². The second kappa shape index (κ2) is 4.78. The summed E-state index contributed by atoms with van der Waals surface area (Å²) in [4.78, 5) is 0. The van der Waals surface area contributed by atoms with Crippen LogP contribution in [0.15, 0.2) is 36.6 Å². The van der Waals surface area contributed by atoms with E-state index in [1.54, 1.807) is 0 Å². The van der Waals surface area contributed by atoms with Gasteiger partial charge in [-0.1, -0.05) is 44.7 Å². The Hall–Kier alpha value is -0.980. The first-order valence-electron chi connectivity index (χ1n) is 3.82. The second-order valence-corrected chi connectivity index (χ2v) is 2.99. The van der Waals surface area contributed by atoms with Gasteiger partial charge in [0, 0.05) is 12.1 Å². The van der Waals surface area contributed by atoms with Crippen molar-refractivity contribution in [2.75, 3.05) is 0 Å². The summed E-state index contributed by atoms with van der Waals surface area (Å²) in [7, 11) is 0. The molecule has 0 radical (unpaired) electrons. The quantitative estimate of drug-likeness (QED) is 0.614. The Labute approximate surface area is 69.3 Å². The molecular weight excluding hydrogens is 134 g/mol. The van der Waals surface area contributed by atoms with Crippen LogP contribution in [0, 0.1) is 5.92 Å². The Morgan fingerprint density at radius 1 is 1.45 bits per heavy atom. The fraction of sp³-hybridized carbons (Fsp3) is 0.400. The average Bonchev–Trinajstić information content (AvgIpc) is 1.86. The highest BCUT2D eigenvalue weighted by atomic mass is 14.5. The standard InChI is InChI=1S/C10H17N/c1-8(2)9(3)6-5-7-10(4)11/h5-6,8H,3-4,7,11H2,1-2H3/b6-5+. The van der Waals surface area contributed by atoms with Gasteiger partial charge in [-0.05, 0) is 5.92 Å². The third kappa shape index (κ3) is 5.46. The van der Waals surface area contributed by atoms with Gasteiger partial charge in [0.2, 0.25) is 0 Å². The molecule has 0 atom stereocenters. The largest absolute Gasteiger partial charge is 0.402 e. The van der Waals surface area contributed by atoms with Gasteiger partial charge >= 0.3 is 0 Å². The molecule has 1 heteroatoms. The van der Waals surface area contributed by atoms with Crippen molar-refractivity contribution in [3.63, 3.8) is 0 Å². The predicted molar refractivity (Wildman–Crippen MR) is 51.1 cm³/mol. The van der Waals surface area contributed by atoms with Crippen LogP contribution < -0.4 is 5.73 Å². The first-order valence-corrected chi connectivity index (χ1v) is 3.82. The first kappa shape index (κ1) is 10.0. The minimum atomic E-state index is 0.511. The highest BCUT2D eigenvalue weighted by molar-refractivity contribution is 5.17. The van der Waals surface area contributed by atoms with Gasteiger partial charge in [0.25, 0.3) is 0 Å². The molecule has 0 bridgehead atoms. The number of allylic oxidation sites excluding steroid dienone is 3. The Morgan fingerprint density at radius 2 is 2.00 bits per heavy atom. The van der Waals surface area contributed by atoms with E-state index in [1.165, 1.54) is 0 Å². The molecule has 0 aliphatic heterocycles. The summed E-state index contributed by atoms with van der Waals surface area (Å²) in [6.07, 6.45) is 4.74. The molecule has 0 unspecified atom stereocenters. The maximum Gasteiger partial charge on any atom is 0.00464 e. The second-order valence-electron chi connectivity index (χ2n) is 2.99. The summed E-state index contributed by atoms with van der Waals surface area (Å²) < 4.78 is 0. The van der Waals surface area contributed by atoms with E-state index in [-0.39, 0.29) is 0 Å². The number of hydrogen-bond donors (Lipinski definition) is 1. The van der Waals surface area contributed by atoms with Gasteiger partial charge in [-0.25, -0.2) is 0 Å². The van der Waals surface area contributed by atoms with E-state index in [2.05, 4.69) is 27.0 Å². The van der Waals surface area contributed by atoms with Crippen LogP contribution in [0.1, 0.15) is 20.3 Å². The lowest BCUT2D eigenvalue weighted by atomic mass is 10.0. The molecule has 0 aromatic heterocycles. The highest BCUT2D eigenvalue weighted by Crippen LogP contribution is 2.08. The van der Waals surface area contributed by atoms with Crippen LogP contribution in [0.4, 0.5) is 0 Å². The molecule has 0 fully saturated rings. The van der Waals surface area contributed by atoms with Crippen molar-refractivity contribution in [1.82, 2.24) is 0 Å². The third-order valence-electron chi connectivity index (χ3n) is 1.45. The smallest absolute Gasteiger partial charge is 0.00464 e. The summed E-state index contributed by atoms with van der Waals surface area (Å²) >= 11 is 0. The van der Waals surface area contributed by atoms with Crippen molar-refractivity contribution in [1.29, 1.82) is 0 Å². The number of rotatable bonds is 4. The van der Waals surface area contributed by atoms with Crippen LogP contribution in [-0.4, -0.2) is 0 Å². The number of hydrogen-bond acceptors (Lipinski definition) is 1. The highest BCUT2D eigenvalue weighted by Gasteiger charge is 1.93. The lowest BCUT2D eigenvalue weighted by molar-refractivity contribution is 0.794. The van der Waals surface area contributed by atoms with E-state index < -0.39 is 0 Å². The molecule has 0 aliphatic carbocycles. The molecule has 0 saturated carbocycles. The Morgan fingerprint density at radius 3 is 2.36 bits per heavy atom. The molecule has 1 nitrogen and oxygen atoms in total. The van der Waals surface area contributed by atoms with Gasteiger partial charge in [0.15, 0.2) is 0 Å². The lowest BCUT2D eigenvalue weighted by Gasteiger charge is -2.02. The molecule has 62 valence electrons. The molecule has 0 aromatic rings. The first-order chi connectivity index (χ1) is 5.04. The zero-order valence-electron chi connectivity index (χ0n) is 7.43. The Kier molecular flexibility index (Phi) is 4.35. The van der Waals surface area contributed by atoms with E-state index in [0.29, 0.717) is 11.6 Å². The molecule has 0 rings (SSSR count). The van der Waals surface area contributed by atoms with Crippen molar-refractivity contribution in [2.45, 2.75) is 20.3 Å². The lowest BCUT2D eigenvalue weighted by Crippen LogP contribution is -1.92. The van der Waals surface area contributed by atoms with Crippen LogP contribution in [0.3, 0.4) is 0 Å². The molecule has 0 aliphatic rings. The topological polar surface area (TPSA) is 26.0 Å². The predicted octanol–water partition coefficient (Wildman–Crippen LogP) is 2.62. The van der Waals surface area contributed by atoms with Crippen molar-refractivity contribution in [2.24, 2.45) is 11.7 Å². The average molecular weight is 151 g/mol. The fourth-order valence-corrected chi connectivity index (χ4v) is 0.554. The summed E-state index contributed by atoms with van der Waals surface area (Å²) in [5, 5.41) is 0. The van der Waals surface area contributed by atoms with Crippen molar-refractivity contribution >= 4 is 0 Å². The molecule has 0 heterocycles. The SMILES string of the molecule is C=C(N)C/C=C/C(=C)C(C)C. The fourth-order valence-electron chi connectivity index (χ4n) is 0.554. The van der Waals surface area contributed by atoms with Gasteiger partial charge in [-0.15, -0.1) is 0 Å². The Balaban J connectivity index is 3.75. The summed E-state index contributed by atoms with van der Waals surface area (Å²) in [5.74, 6) is 0.511. The molecule has 0 aromatic carbocycles. The van der Waals surface area contributed by atoms with Gasteiger partial charge in [-0.2, -0.15) is 0 Å². The number of nitrogens with two attached hydrogens (primary N) is 1. The molecular formula is C10H17N. The minimum absolute atomic E-state index is 0.511. The summed E-state index contributed by atoms with van der Waals surface area (Å²) in [5.41, 5.74) is 7.20. The maximum atomic E-state index is 5.38. The van der Waals surface area contributed by atoms with Gasteiger partial charge in [0.1, 0.15) is 0 Å². The zero-order chi connectivity index (χ0) is 8.85.